The van der Waals surface area contributed by atoms with E-state index in [2.05, 4.69) is 5.32 Å². The monoisotopic (exact) mass is 317 g/mol. The molecule has 0 heterocycles. The van der Waals surface area contributed by atoms with Crippen LogP contribution in [0.1, 0.15) is 17.5 Å². The Morgan fingerprint density at radius 2 is 1.86 bits per heavy atom. The molecule has 2 nitrogen and oxygen atoms in total. The van der Waals surface area contributed by atoms with Gasteiger partial charge in [-0.3, -0.25) is 4.79 Å². The largest absolute Gasteiger partial charge is 0.353 e. The molecule has 1 amide bonds. The lowest BCUT2D eigenvalue weighted by Gasteiger charge is -2.03. The number of aryl methyl sites for hydroxylation is 1. The minimum atomic E-state index is -0.234. The molecule has 0 spiro atoms. The smallest absolute Gasteiger partial charge is 0.244 e. The van der Waals surface area contributed by atoms with Gasteiger partial charge in [0.05, 0.1) is 0 Å². The van der Waals surface area contributed by atoms with Gasteiger partial charge in [0.25, 0.3) is 0 Å². The molecule has 0 aliphatic heterocycles. The Kier molecular flexibility index (Phi) is 6.16. The van der Waals surface area contributed by atoms with Gasteiger partial charge in [-0.05, 0) is 48.2 Å². The van der Waals surface area contributed by atoms with Crippen molar-refractivity contribution in [2.75, 3.05) is 6.54 Å². The first kappa shape index (κ1) is 16.2. The first-order valence-corrected chi connectivity index (χ1v) is 7.48. The van der Waals surface area contributed by atoms with E-state index in [1.165, 1.54) is 18.2 Å². The summed E-state index contributed by atoms with van der Waals surface area (Å²) in [6, 6.07) is 13.7. The maximum Gasteiger partial charge on any atom is 0.244 e. The molecule has 2 rings (SSSR count). The summed E-state index contributed by atoms with van der Waals surface area (Å²) in [6.07, 6.45) is 4.77. The predicted octanol–water partition coefficient (Wildman–Crippen LogP) is 4.24. The van der Waals surface area contributed by atoms with Gasteiger partial charge in [-0.1, -0.05) is 41.9 Å². The van der Waals surface area contributed by atoms with Crippen LogP contribution in [-0.4, -0.2) is 12.5 Å². The fourth-order valence-corrected chi connectivity index (χ4v) is 2.19. The molecule has 0 atom stereocenters. The van der Waals surface area contributed by atoms with Crippen LogP contribution in [0.15, 0.2) is 54.6 Å². The molecule has 0 aromatic heterocycles. The van der Waals surface area contributed by atoms with Crippen LogP contribution in [-0.2, 0) is 11.2 Å². The highest BCUT2D eigenvalue weighted by Crippen LogP contribution is 2.15. The van der Waals surface area contributed by atoms with Gasteiger partial charge in [0, 0.05) is 17.6 Å². The molecule has 2 aromatic carbocycles. The fourth-order valence-electron chi connectivity index (χ4n) is 1.99. The highest BCUT2D eigenvalue weighted by Gasteiger charge is 1.98. The van der Waals surface area contributed by atoms with Crippen LogP contribution in [0.5, 0.6) is 0 Å². The summed E-state index contributed by atoms with van der Waals surface area (Å²) in [6.45, 7) is 0.572. The topological polar surface area (TPSA) is 29.1 Å². The Morgan fingerprint density at radius 3 is 2.59 bits per heavy atom. The number of hydrogen-bond acceptors (Lipinski definition) is 1. The second kappa shape index (κ2) is 8.35. The van der Waals surface area contributed by atoms with Crippen LogP contribution in [0.4, 0.5) is 4.39 Å². The van der Waals surface area contributed by atoms with E-state index in [1.54, 1.807) is 24.3 Å². The lowest BCUT2D eigenvalue weighted by atomic mass is 10.1. The van der Waals surface area contributed by atoms with E-state index >= 15 is 0 Å². The van der Waals surface area contributed by atoms with Gasteiger partial charge in [-0.15, -0.1) is 0 Å². The SMILES string of the molecule is O=C(C=Cc1ccccc1Cl)NCCCc1ccc(F)cc1. The predicted molar refractivity (Wildman–Crippen MR) is 88.2 cm³/mol. The third-order valence-corrected chi connectivity index (χ3v) is 3.52. The Hall–Kier alpha value is -2.13. The Bertz CT molecular complexity index is 652. The molecular formula is C18H17ClFNO. The molecule has 2 aromatic rings. The van der Waals surface area contributed by atoms with Crippen LogP contribution >= 0.6 is 11.6 Å². The molecule has 114 valence electrons. The molecule has 0 aliphatic carbocycles. The third-order valence-electron chi connectivity index (χ3n) is 3.17. The number of benzene rings is 2. The zero-order chi connectivity index (χ0) is 15.8. The van der Waals surface area contributed by atoms with Crippen molar-refractivity contribution in [3.8, 4) is 0 Å². The van der Waals surface area contributed by atoms with Crippen molar-refractivity contribution < 1.29 is 9.18 Å². The number of hydrogen-bond donors (Lipinski definition) is 1. The van der Waals surface area contributed by atoms with Crippen LogP contribution in [0.3, 0.4) is 0 Å². The molecule has 0 radical (unpaired) electrons. The van der Waals surface area contributed by atoms with E-state index in [4.69, 9.17) is 11.6 Å². The molecule has 1 N–H and O–H groups in total. The lowest BCUT2D eigenvalue weighted by Crippen LogP contribution is -2.22. The van der Waals surface area contributed by atoms with Crippen LogP contribution in [0, 0.1) is 5.82 Å². The molecule has 4 heteroatoms. The summed E-state index contributed by atoms with van der Waals surface area (Å²) >= 11 is 6.00. The minimum absolute atomic E-state index is 0.154. The molecule has 0 fully saturated rings. The van der Waals surface area contributed by atoms with E-state index in [9.17, 15) is 9.18 Å². The molecule has 22 heavy (non-hydrogen) atoms. The van der Waals surface area contributed by atoms with Crippen molar-refractivity contribution in [2.45, 2.75) is 12.8 Å². The maximum absolute atomic E-state index is 12.8. The second-order valence-electron chi connectivity index (χ2n) is 4.88. The Morgan fingerprint density at radius 1 is 1.14 bits per heavy atom. The molecule has 0 saturated carbocycles. The maximum atomic E-state index is 12.8. The minimum Gasteiger partial charge on any atom is -0.353 e. The summed E-state index contributed by atoms with van der Waals surface area (Å²) in [7, 11) is 0. The Labute approximate surface area is 134 Å². The number of halogens is 2. The number of rotatable bonds is 6. The average Bonchev–Trinajstić information content (AvgIpc) is 2.52. The van der Waals surface area contributed by atoms with E-state index in [0.717, 1.165) is 24.0 Å². The lowest BCUT2D eigenvalue weighted by molar-refractivity contribution is -0.116. The summed E-state index contributed by atoms with van der Waals surface area (Å²) < 4.78 is 12.8. The number of carbonyl (C=O) groups is 1. The van der Waals surface area contributed by atoms with Gasteiger partial charge in [-0.25, -0.2) is 4.39 Å². The van der Waals surface area contributed by atoms with Gasteiger partial charge in [0.2, 0.25) is 5.91 Å². The number of amides is 1. The molecule has 0 aliphatic rings. The summed E-state index contributed by atoms with van der Waals surface area (Å²) in [5.74, 6) is -0.388. The summed E-state index contributed by atoms with van der Waals surface area (Å²) in [5.41, 5.74) is 1.87. The first-order chi connectivity index (χ1) is 10.6. The van der Waals surface area contributed by atoms with Crippen molar-refractivity contribution in [2.24, 2.45) is 0 Å². The molecule has 0 unspecified atom stereocenters. The summed E-state index contributed by atoms with van der Waals surface area (Å²) in [4.78, 5) is 11.7. The van der Waals surface area contributed by atoms with E-state index in [1.807, 2.05) is 18.2 Å². The molecule has 0 bridgehead atoms. The second-order valence-corrected chi connectivity index (χ2v) is 5.28. The van der Waals surface area contributed by atoms with Gasteiger partial charge in [-0.2, -0.15) is 0 Å². The van der Waals surface area contributed by atoms with Gasteiger partial charge >= 0.3 is 0 Å². The highest BCUT2D eigenvalue weighted by atomic mass is 35.5. The van der Waals surface area contributed by atoms with Crippen LogP contribution in [0.2, 0.25) is 5.02 Å². The summed E-state index contributed by atoms with van der Waals surface area (Å²) in [5, 5.41) is 3.42. The van der Waals surface area contributed by atoms with E-state index < -0.39 is 0 Å². The first-order valence-electron chi connectivity index (χ1n) is 7.10. The standard InChI is InChI=1S/C18H17ClFNO/c19-17-6-2-1-5-15(17)9-12-18(22)21-13-3-4-14-7-10-16(20)11-8-14/h1-2,5-12H,3-4,13H2,(H,21,22). The number of carbonyl (C=O) groups excluding carboxylic acids is 1. The van der Waals surface area contributed by atoms with Crippen molar-refractivity contribution in [3.05, 3.63) is 76.6 Å². The van der Waals surface area contributed by atoms with Gasteiger partial charge in [0.1, 0.15) is 5.82 Å². The quantitative estimate of drug-likeness (QED) is 0.626. The van der Waals surface area contributed by atoms with Crippen molar-refractivity contribution in [1.29, 1.82) is 0 Å². The zero-order valence-electron chi connectivity index (χ0n) is 12.1. The fraction of sp³-hybridized carbons (Fsp3) is 0.167. The van der Waals surface area contributed by atoms with Crippen molar-refractivity contribution in [1.82, 2.24) is 5.32 Å². The molecule has 0 saturated heterocycles. The van der Waals surface area contributed by atoms with Gasteiger partial charge < -0.3 is 5.32 Å². The van der Waals surface area contributed by atoms with E-state index in [-0.39, 0.29) is 11.7 Å². The van der Waals surface area contributed by atoms with Crippen LogP contribution < -0.4 is 5.32 Å². The number of nitrogens with one attached hydrogen (secondary N) is 1. The Balaban J connectivity index is 1.72. The van der Waals surface area contributed by atoms with Crippen LogP contribution in [0.25, 0.3) is 6.08 Å². The molecular weight excluding hydrogens is 301 g/mol. The zero-order valence-corrected chi connectivity index (χ0v) is 12.8. The average molecular weight is 318 g/mol. The van der Waals surface area contributed by atoms with Crippen molar-refractivity contribution >= 4 is 23.6 Å². The highest BCUT2D eigenvalue weighted by molar-refractivity contribution is 6.32. The normalized spacial score (nSPS) is 10.8. The third kappa shape index (κ3) is 5.34. The van der Waals surface area contributed by atoms with Crippen molar-refractivity contribution in [3.63, 3.8) is 0 Å². The van der Waals surface area contributed by atoms with E-state index in [0.29, 0.717) is 11.6 Å². The van der Waals surface area contributed by atoms with Gasteiger partial charge in [0.15, 0.2) is 0 Å².